The highest BCUT2D eigenvalue weighted by Crippen LogP contribution is 2.63. The van der Waals surface area contributed by atoms with Crippen molar-refractivity contribution < 1.29 is 18.8 Å². The Bertz CT molecular complexity index is 1210. The lowest BCUT2D eigenvalue weighted by Gasteiger charge is -2.32. The molecule has 2 amide bonds. The van der Waals surface area contributed by atoms with Gasteiger partial charge in [0.15, 0.2) is 0 Å². The van der Waals surface area contributed by atoms with Crippen LogP contribution in [0.5, 0.6) is 0 Å². The number of amides is 2. The molecule has 2 saturated carbocycles. The third-order valence-electron chi connectivity index (χ3n) is 8.12. The number of aryl methyl sites for hydroxylation is 1. The minimum atomic E-state index is -0.485. The molecule has 3 aliphatic rings. The van der Waals surface area contributed by atoms with E-state index in [1.54, 1.807) is 6.07 Å². The van der Waals surface area contributed by atoms with Crippen molar-refractivity contribution in [2.24, 2.45) is 16.6 Å². The molecule has 1 heterocycles. The molecule has 2 aliphatic carbocycles. The van der Waals surface area contributed by atoms with Gasteiger partial charge in [0.2, 0.25) is 5.91 Å². The van der Waals surface area contributed by atoms with E-state index >= 15 is 0 Å². The van der Waals surface area contributed by atoms with Gasteiger partial charge in [0, 0.05) is 12.0 Å². The van der Waals surface area contributed by atoms with E-state index in [9.17, 15) is 19.2 Å². The molecule has 6 nitrogen and oxygen atoms in total. The molecule has 34 heavy (non-hydrogen) atoms. The smallest absolute Gasteiger partial charge is 0.252 e. The van der Waals surface area contributed by atoms with E-state index in [1.165, 1.54) is 17.2 Å². The first-order valence-corrected chi connectivity index (χ1v) is 11.8. The molecule has 1 saturated heterocycles. The molecule has 7 heteroatoms. The first-order chi connectivity index (χ1) is 16.2. The van der Waals surface area contributed by atoms with Gasteiger partial charge in [-0.3, -0.25) is 14.4 Å². The van der Waals surface area contributed by atoms with Crippen LogP contribution >= 0.6 is 0 Å². The second-order valence-corrected chi connectivity index (χ2v) is 10.3. The standard InChI is InChI=1S/C27H28FN3O3/c1-17-2-3-18(12-22(17)24(30)32)14-26-5-7-27(16-26,8-6-26)25(33)31-23(4-9-34-31)20-10-19(15-29)11-21(28)13-20/h2-3,10-13,23H,4-9,14,16H2,1H3,(H2,30,32)/t23-,26?,27?/m0/s1. The van der Waals surface area contributed by atoms with Crippen LogP contribution in [0.15, 0.2) is 36.4 Å². The van der Waals surface area contributed by atoms with E-state index < -0.39 is 23.2 Å². The second-order valence-electron chi connectivity index (χ2n) is 10.3. The fourth-order valence-corrected chi connectivity index (χ4v) is 6.41. The average Bonchev–Trinajstić information content (AvgIpc) is 3.53. The van der Waals surface area contributed by atoms with Gasteiger partial charge in [0.05, 0.1) is 29.7 Å². The number of nitriles is 1. The van der Waals surface area contributed by atoms with Gasteiger partial charge in [-0.25, -0.2) is 9.45 Å². The number of hydrogen-bond acceptors (Lipinski definition) is 4. The Hall–Kier alpha value is -3.24. The summed E-state index contributed by atoms with van der Waals surface area (Å²) in [5.74, 6) is -0.937. The number of halogens is 1. The van der Waals surface area contributed by atoms with Gasteiger partial charge >= 0.3 is 0 Å². The number of fused-ring (bicyclic) bond motifs is 2. The summed E-state index contributed by atoms with van der Waals surface area (Å²) < 4.78 is 14.1. The van der Waals surface area contributed by atoms with Crippen LogP contribution in [-0.4, -0.2) is 23.5 Å². The molecule has 2 aromatic carbocycles. The minimum absolute atomic E-state index is 0.0158. The fraction of sp³-hybridized carbons (Fsp3) is 0.444. The quantitative estimate of drug-likeness (QED) is 0.709. The molecule has 5 rings (SSSR count). The van der Waals surface area contributed by atoms with Crippen molar-refractivity contribution in [2.45, 2.75) is 57.9 Å². The molecular weight excluding hydrogens is 433 g/mol. The summed E-state index contributed by atoms with van der Waals surface area (Å²) in [6.07, 6.45) is 5.62. The zero-order chi connectivity index (χ0) is 24.1. The summed E-state index contributed by atoms with van der Waals surface area (Å²) >= 11 is 0. The van der Waals surface area contributed by atoms with Gasteiger partial charge in [-0.15, -0.1) is 0 Å². The predicted molar refractivity (Wildman–Crippen MR) is 123 cm³/mol. The Balaban J connectivity index is 1.36. The van der Waals surface area contributed by atoms with Crippen LogP contribution in [0.3, 0.4) is 0 Å². The summed E-state index contributed by atoms with van der Waals surface area (Å²) in [6.45, 7) is 2.26. The van der Waals surface area contributed by atoms with Gasteiger partial charge in [0.25, 0.3) is 5.91 Å². The van der Waals surface area contributed by atoms with Gasteiger partial charge < -0.3 is 5.73 Å². The molecule has 0 unspecified atom stereocenters. The molecule has 2 aromatic rings. The topological polar surface area (TPSA) is 96.4 Å². The maximum absolute atomic E-state index is 14.1. The highest BCUT2D eigenvalue weighted by molar-refractivity contribution is 5.94. The van der Waals surface area contributed by atoms with Crippen LogP contribution in [0.1, 0.15) is 77.2 Å². The first kappa shape index (κ1) is 22.5. The molecule has 0 aromatic heterocycles. The van der Waals surface area contributed by atoms with Crippen LogP contribution in [0.4, 0.5) is 4.39 Å². The molecule has 3 fully saturated rings. The second kappa shape index (κ2) is 8.21. The number of benzene rings is 2. The van der Waals surface area contributed by atoms with Gasteiger partial charge in [-0.05, 0) is 91.8 Å². The number of nitrogens with two attached hydrogens (primary N) is 1. The number of hydroxylamine groups is 2. The number of carbonyl (C=O) groups excluding carboxylic acids is 2. The van der Waals surface area contributed by atoms with Crippen molar-refractivity contribution in [1.82, 2.24) is 5.06 Å². The maximum Gasteiger partial charge on any atom is 0.252 e. The van der Waals surface area contributed by atoms with E-state index in [4.69, 9.17) is 10.6 Å². The van der Waals surface area contributed by atoms with Crippen molar-refractivity contribution in [2.75, 3.05) is 6.61 Å². The lowest BCUT2D eigenvalue weighted by Crippen LogP contribution is -2.41. The molecule has 1 aliphatic heterocycles. The zero-order valence-corrected chi connectivity index (χ0v) is 19.3. The lowest BCUT2D eigenvalue weighted by molar-refractivity contribution is -0.188. The zero-order valence-electron chi connectivity index (χ0n) is 19.3. The number of primary amides is 1. The van der Waals surface area contributed by atoms with Gasteiger partial charge in [0.1, 0.15) is 5.82 Å². The van der Waals surface area contributed by atoms with E-state index in [0.717, 1.165) is 49.7 Å². The Morgan fingerprint density at radius 1 is 1.21 bits per heavy atom. The number of nitrogens with zero attached hydrogens (tertiary/aromatic N) is 2. The summed E-state index contributed by atoms with van der Waals surface area (Å²) in [4.78, 5) is 31.4. The Labute approximate surface area is 198 Å². The number of rotatable bonds is 5. The minimum Gasteiger partial charge on any atom is -0.366 e. The van der Waals surface area contributed by atoms with Crippen molar-refractivity contribution in [3.63, 3.8) is 0 Å². The van der Waals surface area contributed by atoms with Crippen LogP contribution in [0.2, 0.25) is 0 Å². The first-order valence-electron chi connectivity index (χ1n) is 11.8. The lowest BCUT2D eigenvalue weighted by atomic mass is 9.78. The Morgan fingerprint density at radius 3 is 2.68 bits per heavy atom. The summed E-state index contributed by atoms with van der Waals surface area (Å²) in [7, 11) is 0. The van der Waals surface area contributed by atoms with Crippen molar-refractivity contribution in [3.8, 4) is 6.07 Å². The third-order valence-corrected chi connectivity index (χ3v) is 8.12. The van der Waals surface area contributed by atoms with Crippen LogP contribution in [0.25, 0.3) is 0 Å². The molecule has 0 radical (unpaired) electrons. The van der Waals surface area contributed by atoms with E-state index in [2.05, 4.69) is 0 Å². The largest absolute Gasteiger partial charge is 0.366 e. The van der Waals surface area contributed by atoms with Crippen molar-refractivity contribution >= 4 is 11.8 Å². The van der Waals surface area contributed by atoms with E-state index in [-0.39, 0.29) is 16.9 Å². The summed E-state index contributed by atoms with van der Waals surface area (Å²) in [5, 5.41) is 10.7. The monoisotopic (exact) mass is 461 g/mol. The predicted octanol–water partition coefficient (Wildman–Crippen LogP) is 4.50. The van der Waals surface area contributed by atoms with Gasteiger partial charge in [-0.1, -0.05) is 12.1 Å². The summed E-state index contributed by atoms with van der Waals surface area (Å²) in [5.41, 5.74) is 8.40. The Morgan fingerprint density at radius 2 is 1.97 bits per heavy atom. The van der Waals surface area contributed by atoms with E-state index in [0.29, 0.717) is 24.2 Å². The molecule has 176 valence electrons. The van der Waals surface area contributed by atoms with E-state index in [1.807, 2.05) is 31.2 Å². The normalized spacial score (nSPS) is 27.7. The third kappa shape index (κ3) is 3.76. The fourth-order valence-electron chi connectivity index (χ4n) is 6.41. The molecular formula is C27H28FN3O3. The molecule has 2 N–H and O–H groups in total. The SMILES string of the molecule is Cc1ccc(CC23CCC(C(=O)N4OCC[C@H]4c4cc(F)cc(C#N)c4)(CC2)C3)cc1C(N)=O. The molecule has 1 atom stereocenters. The van der Waals surface area contributed by atoms with Crippen molar-refractivity contribution in [1.29, 1.82) is 5.26 Å². The van der Waals surface area contributed by atoms with Crippen LogP contribution in [0, 0.1) is 34.9 Å². The maximum atomic E-state index is 14.1. The average molecular weight is 462 g/mol. The molecule has 2 bridgehead atoms. The van der Waals surface area contributed by atoms with Crippen LogP contribution in [-0.2, 0) is 16.1 Å². The highest BCUT2D eigenvalue weighted by atomic mass is 19.1. The molecule has 0 spiro atoms. The highest BCUT2D eigenvalue weighted by Gasteiger charge is 2.59. The van der Waals surface area contributed by atoms with Gasteiger partial charge in [-0.2, -0.15) is 5.26 Å². The number of carbonyl (C=O) groups is 2. The van der Waals surface area contributed by atoms with Crippen LogP contribution < -0.4 is 5.73 Å². The summed E-state index contributed by atoms with van der Waals surface area (Å²) in [6, 6.07) is 11.7. The van der Waals surface area contributed by atoms with Crippen molar-refractivity contribution in [3.05, 3.63) is 70.0 Å². The Kier molecular flexibility index (Phi) is 5.44. The number of hydrogen-bond donors (Lipinski definition) is 1.